The molecule has 0 radical (unpaired) electrons. The number of carbonyl (C=O) groups excluding carboxylic acids is 1. The van der Waals surface area contributed by atoms with Crippen LogP contribution in [-0.2, 0) is 4.57 Å². The van der Waals surface area contributed by atoms with Crippen molar-refractivity contribution in [2.75, 3.05) is 0 Å². The van der Waals surface area contributed by atoms with Crippen LogP contribution in [0.3, 0.4) is 0 Å². The van der Waals surface area contributed by atoms with Crippen molar-refractivity contribution >= 4 is 13.6 Å². The maximum atomic E-state index is 12.3. The van der Waals surface area contributed by atoms with E-state index < -0.39 is 13.2 Å². The van der Waals surface area contributed by atoms with Crippen molar-refractivity contribution in [3.05, 3.63) is 29.3 Å². The molecule has 18 heavy (non-hydrogen) atoms. The Morgan fingerprint density at radius 1 is 1.33 bits per heavy atom. The van der Waals surface area contributed by atoms with E-state index in [1.54, 1.807) is 12.1 Å². The smallest absolute Gasteiger partial charge is 0.403 e. The van der Waals surface area contributed by atoms with Gasteiger partial charge in [0.25, 0.3) is 0 Å². The van der Waals surface area contributed by atoms with Crippen LogP contribution in [0.15, 0.2) is 18.2 Å². The molecule has 0 bridgehead atoms. The number of ketones is 1. The minimum Gasteiger partial charge on any atom is -0.403 e. The molecule has 2 N–H and O–H groups in total. The normalized spacial score (nSPS) is 21.8. The van der Waals surface area contributed by atoms with Crippen LogP contribution >= 0.6 is 7.82 Å². The Hall–Kier alpha value is -1.16. The Labute approximate surface area is 105 Å². The maximum absolute atomic E-state index is 12.3. The molecule has 1 aliphatic carbocycles. The molecule has 6 heteroatoms. The van der Waals surface area contributed by atoms with Crippen LogP contribution in [-0.4, -0.2) is 15.6 Å². The monoisotopic (exact) mass is 270 g/mol. The number of benzene rings is 1. The van der Waals surface area contributed by atoms with E-state index in [2.05, 4.69) is 4.52 Å². The number of phosphoric acid groups is 1. The van der Waals surface area contributed by atoms with Gasteiger partial charge >= 0.3 is 7.82 Å². The van der Waals surface area contributed by atoms with Gasteiger partial charge in [-0.1, -0.05) is 32.9 Å². The SMILES string of the molecule is CC1c2cccc(OP(=O)(O)O)c2C(=O)C1(C)C. The molecule has 0 saturated carbocycles. The van der Waals surface area contributed by atoms with Gasteiger partial charge in [-0.2, -0.15) is 0 Å². The Morgan fingerprint density at radius 3 is 2.50 bits per heavy atom. The average molecular weight is 270 g/mol. The largest absolute Gasteiger partial charge is 0.524 e. The molecule has 1 aromatic carbocycles. The van der Waals surface area contributed by atoms with Crippen molar-refractivity contribution in [1.29, 1.82) is 0 Å². The van der Waals surface area contributed by atoms with E-state index in [-0.39, 0.29) is 17.5 Å². The third-order valence-corrected chi connectivity index (χ3v) is 4.07. The van der Waals surface area contributed by atoms with E-state index in [9.17, 15) is 9.36 Å². The van der Waals surface area contributed by atoms with Crippen LogP contribution < -0.4 is 4.52 Å². The Bertz CT molecular complexity index is 558. The highest BCUT2D eigenvalue weighted by Gasteiger charge is 2.45. The summed E-state index contributed by atoms with van der Waals surface area (Å²) in [5.74, 6) is -0.197. The van der Waals surface area contributed by atoms with Gasteiger partial charge in [-0.05, 0) is 17.5 Å². The quantitative estimate of drug-likeness (QED) is 0.806. The third-order valence-electron chi connectivity index (χ3n) is 3.64. The van der Waals surface area contributed by atoms with Crippen LogP contribution in [0.25, 0.3) is 0 Å². The second-order valence-corrected chi connectivity index (χ2v) is 6.24. The number of hydrogen-bond acceptors (Lipinski definition) is 3. The summed E-state index contributed by atoms with van der Waals surface area (Å²) in [4.78, 5) is 30.0. The molecule has 1 atom stereocenters. The van der Waals surface area contributed by atoms with Gasteiger partial charge in [-0.3, -0.25) is 14.6 Å². The number of fused-ring (bicyclic) bond motifs is 1. The van der Waals surface area contributed by atoms with Crippen molar-refractivity contribution in [1.82, 2.24) is 0 Å². The summed E-state index contributed by atoms with van der Waals surface area (Å²) in [6.45, 7) is 5.56. The van der Waals surface area contributed by atoms with Crippen LogP contribution in [0.1, 0.15) is 42.6 Å². The van der Waals surface area contributed by atoms with E-state index >= 15 is 0 Å². The van der Waals surface area contributed by atoms with Gasteiger partial charge in [0.15, 0.2) is 5.78 Å². The van der Waals surface area contributed by atoms with E-state index in [0.29, 0.717) is 5.56 Å². The minimum atomic E-state index is -4.66. The highest BCUT2D eigenvalue weighted by Crippen LogP contribution is 2.51. The first-order valence-electron chi connectivity index (χ1n) is 5.57. The first kappa shape index (κ1) is 13.3. The molecule has 5 nitrogen and oxygen atoms in total. The maximum Gasteiger partial charge on any atom is 0.524 e. The number of phosphoric ester groups is 1. The molecular formula is C12H15O5P. The lowest BCUT2D eigenvalue weighted by molar-refractivity contribution is 0.0839. The summed E-state index contributed by atoms with van der Waals surface area (Å²) >= 11 is 0. The van der Waals surface area contributed by atoms with Crippen LogP contribution in [0.4, 0.5) is 0 Å². The molecule has 0 amide bonds. The molecule has 1 aromatic rings. The zero-order valence-electron chi connectivity index (χ0n) is 10.4. The van der Waals surface area contributed by atoms with Crippen molar-refractivity contribution in [2.24, 2.45) is 5.41 Å². The lowest BCUT2D eigenvalue weighted by Gasteiger charge is -2.21. The number of Topliss-reactive ketones (excluding diaryl/α,β-unsaturated/α-hetero) is 1. The Morgan fingerprint density at radius 2 is 1.94 bits per heavy atom. The van der Waals surface area contributed by atoms with E-state index in [1.807, 2.05) is 20.8 Å². The third kappa shape index (κ3) is 1.99. The predicted molar refractivity (Wildman–Crippen MR) is 65.6 cm³/mol. The topological polar surface area (TPSA) is 83.8 Å². The molecule has 0 heterocycles. The van der Waals surface area contributed by atoms with Crippen LogP contribution in [0, 0.1) is 5.41 Å². The van der Waals surface area contributed by atoms with Gasteiger partial charge in [0.1, 0.15) is 5.75 Å². The molecule has 0 aliphatic heterocycles. The van der Waals surface area contributed by atoms with Crippen molar-refractivity contribution in [3.63, 3.8) is 0 Å². The molecular weight excluding hydrogens is 255 g/mol. The first-order chi connectivity index (χ1) is 8.14. The van der Waals surface area contributed by atoms with Crippen LogP contribution in [0.5, 0.6) is 5.75 Å². The summed E-state index contributed by atoms with van der Waals surface area (Å²) in [6, 6.07) is 4.83. The fourth-order valence-electron chi connectivity index (χ4n) is 2.26. The van der Waals surface area contributed by atoms with Gasteiger partial charge in [0.05, 0.1) is 5.56 Å². The van der Waals surface area contributed by atoms with Gasteiger partial charge < -0.3 is 4.52 Å². The lowest BCUT2D eigenvalue weighted by atomic mass is 9.80. The molecule has 1 unspecified atom stereocenters. The van der Waals surface area contributed by atoms with Gasteiger partial charge in [-0.15, -0.1) is 0 Å². The highest BCUT2D eigenvalue weighted by atomic mass is 31.2. The molecule has 98 valence electrons. The van der Waals surface area contributed by atoms with Gasteiger partial charge in [-0.25, -0.2) is 4.57 Å². The summed E-state index contributed by atoms with van der Waals surface area (Å²) in [5, 5.41) is 0. The van der Waals surface area contributed by atoms with Gasteiger partial charge in [0.2, 0.25) is 0 Å². The van der Waals surface area contributed by atoms with Gasteiger partial charge in [0, 0.05) is 5.41 Å². The van der Waals surface area contributed by atoms with E-state index in [1.165, 1.54) is 6.07 Å². The zero-order chi connectivity index (χ0) is 13.7. The summed E-state index contributed by atoms with van der Waals surface area (Å²) in [6.07, 6.45) is 0. The van der Waals surface area contributed by atoms with E-state index in [0.717, 1.165) is 5.56 Å². The first-order valence-corrected chi connectivity index (χ1v) is 7.10. The number of carbonyl (C=O) groups is 1. The highest BCUT2D eigenvalue weighted by molar-refractivity contribution is 7.46. The fraction of sp³-hybridized carbons (Fsp3) is 0.417. The standard InChI is InChI=1S/C12H15O5P/c1-7-8-5-4-6-9(17-18(14,15)16)10(8)11(13)12(7,2)3/h4-7H,1-3H3,(H2,14,15,16). The minimum absolute atomic E-state index is 0.0136. The second-order valence-electron chi connectivity index (χ2n) is 5.07. The summed E-state index contributed by atoms with van der Waals surface area (Å²) in [5.41, 5.74) is 0.478. The fourth-order valence-corrected chi connectivity index (χ4v) is 2.67. The molecule has 0 aromatic heterocycles. The molecule has 1 aliphatic rings. The molecule has 0 fully saturated rings. The lowest BCUT2D eigenvalue weighted by Crippen LogP contribution is -2.22. The summed E-state index contributed by atoms with van der Waals surface area (Å²) < 4.78 is 15.5. The van der Waals surface area contributed by atoms with Crippen LogP contribution in [0.2, 0.25) is 0 Å². The van der Waals surface area contributed by atoms with Crippen molar-refractivity contribution in [3.8, 4) is 5.75 Å². The van der Waals surface area contributed by atoms with Crippen molar-refractivity contribution < 1.29 is 23.7 Å². The molecule has 2 rings (SSSR count). The van der Waals surface area contributed by atoms with E-state index in [4.69, 9.17) is 9.79 Å². The Balaban J connectivity index is 2.58. The van der Waals surface area contributed by atoms with Crippen molar-refractivity contribution in [2.45, 2.75) is 26.7 Å². The molecule has 0 spiro atoms. The summed E-state index contributed by atoms with van der Waals surface area (Å²) in [7, 11) is -4.66. The predicted octanol–water partition coefficient (Wildman–Crippen LogP) is 2.48. The number of hydrogen-bond donors (Lipinski definition) is 2. The average Bonchev–Trinajstić information content (AvgIpc) is 2.40. The second kappa shape index (κ2) is 3.92. The Kier molecular flexibility index (Phi) is 2.89. The molecule has 0 saturated heterocycles. The number of rotatable bonds is 2. The zero-order valence-corrected chi connectivity index (χ0v) is 11.3.